The maximum atomic E-state index is 12.2. The van der Waals surface area contributed by atoms with Gasteiger partial charge in [0.2, 0.25) is 5.91 Å². The van der Waals surface area contributed by atoms with Crippen LogP contribution < -0.4 is 5.32 Å². The first-order chi connectivity index (χ1) is 14.3. The number of rotatable bonds is 7. The topological polar surface area (TPSA) is 111 Å². The molecular weight excluding hydrogens is 430 g/mol. The lowest BCUT2D eigenvalue weighted by molar-refractivity contribution is -0.385. The van der Waals surface area contributed by atoms with Crippen molar-refractivity contribution in [1.29, 1.82) is 0 Å². The SMILES string of the molecule is Cc1ccc(NC(=O)Cc2nc(COC(=O)c3cc(Cl)ccc3[N+](=O)[O-])cs2)cc1. The number of nitrogens with one attached hydrogen (secondary N) is 1. The normalized spacial score (nSPS) is 10.5. The highest BCUT2D eigenvalue weighted by Gasteiger charge is 2.22. The van der Waals surface area contributed by atoms with Crippen LogP contribution in [-0.4, -0.2) is 21.8 Å². The third-order valence-electron chi connectivity index (χ3n) is 3.97. The number of nitro benzene ring substituents is 1. The molecule has 1 amide bonds. The molecule has 1 N–H and O–H groups in total. The Hall–Kier alpha value is -3.30. The molecule has 1 aromatic heterocycles. The van der Waals surface area contributed by atoms with E-state index in [-0.39, 0.29) is 29.5 Å². The number of hydrogen-bond donors (Lipinski definition) is 1. The number of anilines is 1. The molecule has 0 radical (unpaired) electrons. The monoisotopic (exact) mass is 445 g/mol. The van der Waals surface area contributed by atoms with Crippen molar-refractivity contribution in [3.8, 4) is 0 Å². The van der Waals surface area contributed by atoms with Gasteiger partial charge in [-0.2, -0.15) is 0 Å². The van der Waals surface area contributed by atoms with Gasteiger partial charge in [-0.1, -0.05) is 29.3 Å². The van der Waals surface area contributed by atoms with Crippen molar-refractivity contribution >= 4 is 46.2 Å². The Balaban J connectivity index is 1.57. The Morgan fingerprint density at radius 2 is 1.97 bits per heavy atom. The number of carbonyl (C=O) groups excluding carboxylic acids is 2. The first-order valence-electron chi connectivity index (χ1n) is 8.72. The van der Waals surface area contributed by atoms with E-state index in [9.17, 15) is 19.7 Å². The number of benzene rings is 2. The van der Waals surface area contributed by atoms with Crippen molar-refractivity contribution in [2.24, 2.45) is 0 Å². The number of nitro groups is 1. The van der Waals surface area contributed by atoms with E-state index in [1.807, 2.05) is 31.2 Å². The van der Waals surface area contributed by atoms with Gasteiger partial charge in [-0.05, 0) is 31.2 Å². The zero-order valence-corrected chi connectivity index (χ0v) is 17.3. The van der Waals surface area contributed by atoms with Gasteiger partial charge in [0, 0.05) is 22.2 Å². The van der Waals surface area contributed by atoms with Crippen LogP contribution in [0.25, 0.3) is 0 Å². The molecule has 3 aromatic rings. The summed E-state index contributed by atoms with van der Waals surface area (Å²) in [6.45, 7) is 1.78. The average molecular weight is 446 g/mol. The maximum Gasteiger partial charge on any atom is 0.345 e. The number of aryl methyl sites for hydroxylation is 1. The Kier molecular flexibility index (Phi) is 6.76. The van der Waals surface area contributed by atoms with Gasteiger partial charge in [-0.3, -0.25) is 14.9 Å². The quantitative estimate of drug-likeness (QED) is 0.324. The van der Waals surface area contributed by atoms with E-state index in [1.54, 1.807) is 5.38 Å². The third-order valence-corrected chi connectivity index (χ3v) is 5.11. The molecule has 0 unspecified atom stereocenters. The van der Waals surface area contributed by atoms with Gasteiger partial charge in [-0.15, -0.1) is 11.3 Å². The smallest absolute Gasteiger partial charge is 0.345 e. The molecule has 0 spiro atoms. The first-order valence-corrected chi connectivity index (χ1v) is 9.98. The van der Waals surface area contributed by atoms with Crippen molar-refractivity contribution in [3.63, 3.8) is 0 Å². The summed E-state index contributed by atoms with van der Waals surface area (Å²) < 4.78 is 5.13. The molecule has 3 rings (SSSR count). The molecule has 0 aliphatic rings. The molecule has 0 aliphatic heterocycles. The fourth-order valence-electron chi connectivity index (χ4n) is 2.52. The second-order valence-corrected chi connectivity index (χ2v) is 7.70. The second-order valence-electron chi connectivity index (χ2n) is 6.32. The molecule has 0 saturated carbocycles. The van der Waals surface area contributed by atoms with Crippen molar-refractivity contribution in [2.75, 3.05) is 5.32 Å². The molecule has 0 saturated heterocycles. The highest BCUT2D eigenvalue weighted by atomic mass is 35.5. The Labute approximate surface area is 180 Å². The van der Waals surface area contributed by atoms with Gasteiger partial charge < -0.3 is 10.1 Å². The zero-order chi connectivity index (χ0) is 21.7. The van der Waals surface area contributed by atoms with Gasteiger partial charge >= 0.3 is 5.97 Å². The van der Waals surface area contributed by atoms with E-state index in [0.717, 1.165) is 11.6 Å². The minimum Gasteiger partial charge on any atom is -0.455 e. The van der Waals surface area contributed by atoms with Crippen LogP contribution >= 0.6 is 22.9 Å². The van der Waals surface area contributed by atoms with Crippen LogP contribution in [0.2, 0.25) is 5.02 Å². The summed E-state index contributed by atoms with van der Waals surface area (Å²) in [5.41, 5.74) is 1.60. The molecule has 0 bridgehead atoms. The summed E-state index contributed by atoms with van der Waals surface area (Å²) in [7, 11) is 0. The lowest BCUT2D eigenvalue weighted by atomic mass is 10.2. The number of amides is 1. The molecule has 30 heavy (non-hydrogen) atoms. The van der Waals surface area contributed by atoms with E-state index in [4.69, 9.17) is 16.3 Å². The number of aromatic nitrogens is 1. The van der Waals surface area contributed by atoms with E-state index in [2.05, 4.69) is 10.3 Å². The van der Waals surface area contributed by atoms with E-state index in [0.29, 0.717) is 16.4 Å². The fraction of sp³-hybridized carbons (Fsp3) is 0.150. The number of hydrogen-bond acceptors (Lipinski definition) is 7. The maximum absolute atomic E-state index is 12.2. The molecule has 154 valence electrons. The van der Waals surface area contributed by atoms with E-state index < -0.39 is 16.6 Å². The Morgan fingerprint density at radius 1 is 1.23 bits per heavy atom. The summed E-state index contributed by atoms with van der Waals surface area (Å²) in [6, 6.07) is 11.1. The minimum absolute atomic E-state index is 0.0756. The summed E-state index contributed by atoms with van der Waals surface area (Å²) >= 11 is 7.08. The number of ether oxygens (including phenoxy) is 1. The van der Waals surface area contributed by atoms with Crippen LogP contribution in [0.4, 0.5) is 11.4 Å². The number of esters is 1. The Morgan fingerprint density at radius 3 is 2.67 bits per heavy atom. The van der Waals surface area contributed by atoms with Crippen molar-refractivity contribution in [2.45, 2.75) is 20.0 Å². The highest BCUT2D eigenvalue weighted by molar-refractivity contribution is 7.09. The van der Waals surface area contributed by atoms with Crippen molar-refractivity contribution < 1.29 is 19.2 Å². The number of thiazole rings is 1. The van der Waals surface area contributed by atoms with Crippen LogP contribution in [0.5, 0.6) is 0 Å². The van der Waals surface area contributed by atoms with E-state index >= 15 is 0 Å². The summed E-state index contributed by atoms with van der Waals surface area (Å²) in [5, 5.41) is 16.3. The summed E-state index contributed by atoms with van der Waals surface area (Å²) in [4.78, 5) is 39.0. The lowest BCUT2D eigenvalue weighted by Crippen LogP contribution is -2.14. The third kappa shape index (κ3) is 5.62. The number of carbonyl (C=O) groups is 2. The van der Waals surface area contributed by atoms with Crippen LogP contribution in [0, 0.1) is 17.0 Å². The number of halogens is 1. The van der Waals surface area contributed by atoms with Crippen LogP contribution in [-0.2, 0) is 22.6 Å². The lowest BCUT2D eigenvalue weighted by Gasteiger charge is -2.05. The molecule has 0 fully saturated rings. The molecule has 8 nitrogen and oxygen atoms in total. The van der Waals surface area contributed by atoms with E-state index in [1.165, 1.54) is 23.5 Å². The van der Waals surface area contributed by atoms with Crippen LogP contribution in [0.1, 0.15) is 26.6 Å². The van der Waals surface area contributed by atoms with Gasteiger partial charge in [0.25, 0.3) is 5.69 Å². The highest BCUT2D eigenvalue weighted by Crippen LogP contribution is 2.24. The summed E-state index contributed by atoms with van der Waals surface area (Å²) in [5.74, 6) is -1.10. The molecule has 0 atom stereocenters. The molecule has 10 heteroatoms. The Bertz CT molecular complexity index is 1100. The number of nitrogens with zero attached hydrogens (tertiary/aromatic N) is 2. The predicted molar refractivity (Wildman–Crippen MR) is 113 cm³/mol. The van der Waals surface area contributed by atoms with Gasteiger partial charge in [0.15, 0.2) is 0 Å². The largest absolute Gasteiger partial charge is 0.455 e. The van der Waals surface area contributed by atoms with Crippen molar-refractivity contribution in [3.05, 3.63) is 84.8 Å². The molecule has 1 heterocycles. The predicted octanol–water partition coefficient (Wildman–Crippen LogP) is 4.55. The van der Waals surface area contributed by atoms with Gasteiger partial charge in [0.05, 0.1) is 17.0 Å². The molecular formula is C20H16ClN3O5S. The molecule has 2 aromatic carbocycles. The zero-order valence-electron chi connectivity index (χ0n) is 15.8. The van der Waals surface area contributed by atoms with Gasteiger partial charge in [0.1, 0.15) is 17.2 Å². The van der Waals surface area contributed by atoms with Crippen LogP contribution in [0.3, 0.4) is 0 Å². The standard InChI is InChI=1S/C20H16ClN3O5S/c1-12-2-5-14(6-3-12)22-18(25)9-19-23-15(11-30-19)10-29-20(26)16-8-13(21)4-7-17(16)24(27)28/h2-8,11H,9-10H2,1H3,(H,22,25). The van der Waals surface area contributed by atoms with Crippen LogP contribution in [0.15, 0.2) is 47.8 Å². The minimum atomic E-state index is -0.879. The van der Waals surface area contributed by atoms with Gasteiger partial charge in [-0.25, -0.2) is 9.78 Å². The molecule has 0 aliphatic carbocycles. The second kappa shape index (κ2) is 9.47. The van der Waals surface area contributed by atoms with Crippen molar-refractivity contribution in [1.82, 2.24) is 4.98 Å². The average Bonchev–Trinajstić information content (AvgIpc) is 3.14. The first kappa shape index (κ1) is 21.4. The fourth-order valence-corrected chi connectivity index (χ4v) is 3.47. The summed E-state index contributed by atoms with van der Waals surface area (Å²) in [6.07, 6.45) is 0.0756.